The zero-order valence-electron chi connectivity index (χ0n) is 13.3. The largest absolute Gasteiger partial charge is 0.416 e. The molecular weight excluding hydrogens is 307 g/mol. The molecule has 126 valence electrons. The van der Waals surface area contributed by atoms with Gasteiger partial charge in [-0.25, -0.2) is 0 Å². The first-order valence-electron chi connectivity index (χ1n) is 7.46. The first-order chi connectivity index (χ1) is 10.8. The molecule has 23 heavy (non-hydrogen) atoms. The first-order valence-corrected chi connectivity index (χ1v) is 7.46. The number of benzene rings is 1. The van der Waals surface area contributed by atoms with E-state index in [0.717, 1.165) is 6.07 Å². The Kier molecular flexibility index (Phi) is 5.41. The van der Waals surface area contributed by atoms with Crippen LogP contribution in [0.1, 0.15) is 42.6 Å². The standard InChI is InChI=1S/C16H20F3N3O/c1-10(12-6-4-5-7-13(12)16(17,18)19)8-15-21-14(22-23-15)9-11(2)20-3/h4-7,10-11,20H,8-9H2,1-3H3. The second kappa shape index (κ2) is 7.12. The van der Waals surface area contributed by atoms with Crippen molar-refractivity contribution >= 4 is 0 Å². The van der Waals surface area contributed by atoms with Gasteiger partial charge in [0.1, 0.15) is 0 Å². The average molecular weight is 327 g/mol. The molecule has 1 aromatic heterocycles. The van der Waals surface area contributed by atoms with Gasteiger partial charge in [-0.1, -0.05) is 30.3 Å². The summed E-state index contributed by atoms with van der Waals surface area (Å²) in [6, 6.07) is 5.79. The second-order valence-electron chi connectivity index (χ2n) is 5.69. The van der Waals surface area contributed by atoms with E-state index in [1.807, 2.05) is 14.0 Å². The van der Waals surface area contributed by atoms with E-state index in [-0.39, 0.29) is 23.9 Å². The maximum atomic E-state index is 13.1. The van der Waals surface area contributed by atoms with Gasteiger partial charge in [-0.2, -0.15) is 18.2 Å². The van der Waals surface area contributed by atoms with E-state index in [9.17, 15) is 13.2 Å². The van der Waals surface area contributed by atoms with E-state index in [4.69, 9.17) is 4.52 Å². The molecule has 0 aliphatic heterocycles. The predicted octanol–water partition coefficient (Wildman–Crippen LogP) is 3.59. The Bertz CT molecular complexity index is 639. The minimum Gasteiger partial charge on any atom is -0.339 e. The van der Waals surface area contributed by atoms with E-state index in [2.05, 4.69) is 15.5 Å². The lowest BCUT2D eigenvalue weighted by molar-refractivity contribution is -0.138. The van der Waals surface area contributed by atoms with E-state index in [1.165, 1.54) is 12.1 Å². The molecule has 2 atom stereocenters. The fourth-order valence-corrected chi connectivity index (χ4v) is 2.39. The van der Waals surface area contributed by atoms with E-state index >= 15 is 0 Å². The SMILES string of the molecule is CNC(C)Cc1noc(CC(C)c2ccccc2C(F)(F)F)n1. The van der Waals surface area contributed by atoms with Crippen molar-refractivity contribution in [2.75, 3.05) is 7.05 Å². The molecular formula is C16H20F3N3O. The first kappa shape index (κ1) is 17.5. The highest BCUT2D eigenvalue weighted by atomic mass is 19.4. The number of likely N-dealkylation sites (N-methyl/N-ethyl adjacent to an activating group) is 1. The fraction of sp³-hybridized carbons (Fsp3) is 0.500. The minimum absolute atomic E-state index is 0.198. The molecule has 0 aliphatic carbocycles. The number of aromatic nitrogens is 2. The summed E-state index contributed by atoms with van der Waals surface area (Å²) in [5.41, 5.74) is -0.376. The summed E-state index contributed by atoms with van der Waals surface area (Å²) in [6.45, 7) is 3.71. The number of rotatable bonds is 6. The molecule has 7 heteroatoms. The Balaban J connectivity index is 2.12. The van der Waals surface area contributed by atoms with Crippen LogP contribution >= 0.6 is 0 Å². The van der Waals surface area contributed by atoms with Crippen molar-refractivity contribution < 1.29 is 17.7 Å². The highest BCUT2D eigenvalue weighted by molar-refractivity contribution is 5.32. The molecule has 2 unspecified atom stereocenters. The third kappa shape index (κ3) is 4.54. The Morgan fingerprint density at radius 1 is 1.17 bits per heavy atom. The third-order valence-electron chi connectivity index (χ3n) is 3.77. The van der Waals surface area contributed by atoms with Crippen LogP contribution in [0.5, 0.6) is 0 Å². The third-order valence-corrected chi connectivity index (χ3v) is 3.77. The summed E-state index contributed by atoms with van der Waals surface area (Å²) < 4.78 is 44.4. The number of halogens is 3. The van der Waals surface area contributed by atoms with Gasteiger partial charge < -0.3 is 9.84 Å². The molecule has 0 aliphatic rings. The van der Waals surface area contributed by atoms with Crippen LogP contribution in [0.25, 0.3) is 0 Å². The Hall–Kier alpha value is -1.89. The molecule has 2 aromatic rings. The van der Waals surface area contributed by atoms with Crippen LogP contribution in [0.3, 0.4) is 0 Å². The van der Waals surface area contributed by atoms with Gasteiger partial charge in [-0.3, -0.25) is 0 Å². The number of alkyl halides is 3. The van der Waals surface area contributed by atoms with Crippen molar-refractivity contribution in [3.63, 3.8) is 0 Å². The summed E-state index contributed by atoms with van der Waals surface area (Å²) in [7, 11) is 1.84. The summed E-state index contributed by atoms with van der Waals surface area (Å²) in [6.07, 6.45) is -3.49. The van der Waals surface area contributed by atoms with Crippen LogP contribution in [0.15, 0.2) is 28.8 Å². The second-order valence-corrected chi connectivity index (χ2v) is 5.69. The smallest absolute Gasteiger partial charge is 0.339 e. The molecule has 0 fully saturated rings. The molecule has 1 N–H and O–H groups in total. The molecule has 0 saturated carbocycles. The van der Waals surface area contributed by atoms with Crippen LogP contribution in [0.4, 0.5) is 13.2 Å². The molecule has 0 saturated heterocycles. The Labute approximate surface area is 133 Å². The average Bonchev–Trinajstić information content (AvgIpc) is 2.93. The molecule has 1 heterocycles. The van der Waals surface area contributed by atoms with Gasteiger partial charge in [0.15, 0.2) is 5.82 Å². The van der Waals surface area contributed by atoms with E-state index in [0.29, 0.717) is 18.1 Å². The highest BCUT2D eigenvalue weighted by Gasteiger charge is 2.34. The number of nitrogens with zero attached hydrogens (tertiary/aromatic N) is 2. The van der Waals surface area contributed by atoms with Crippen molar-refractivity contribution in [3.8, 4) is 0 Å². The number of nitrogens with one attached hydrogen (secondary N) is 1. The van der Waals surface area contributed by atoms with E-state index in [1.54, 1.807) is 13.0 Å². The van der Waals surface area contributed by atoms with Gasteiger partial charge in [0.2, 0.25) is 5.89 Å². The Morgan fingerprint density at radius 2 is 1.87 bits per heavy atom. The van der Waals surface area contributed by atoms with Crippen LogP contribution in [0.2, 0.25) is 0 Å². The zero-order chi connectivity index (χ0) is 17.0. The van der Waals surface area contributed by atoms with Gasteiger partial charge in [-0.05, 0) is 31.5 Å². The zero-order valence-corrected chi connectivity index (χ0v) is 13.3. The molecule has 2 rings (SSSR count). The normalized spacial score (nSPS) is 14.7. The van der Waals surface area contributed by atoms with Gasteiger partial charge in [0, 0.05) is 18.9 Å². The van der Waals surface area contributed by atoms with Crippen molar-refractivity contribution in [3.05, 3.63) is 47.1 Å². The summed E-state index contributed by atoms with van der Waals surface area (Å²) in [4.78, 5) is 4.26. The van der Waals surface area contributed by atoms with Gasteiger partial charge in [0.05, 0.1) is 5.56 Å². The molecule has 4 nitrogen and oxygen atoms in total. The topological polar surface area (TPSA) is 51.0 Å². The highest BCUT2D eigenvalue weighted by Crippen LogP contribution is 2.35. The minimum atomic E-state index is -4.37. The van der Waals surface area contributed by atoms with E-state index < -0.39 is 11.7 Å². The molecule has 0 amide bonds. The van der Waals surface area contributed by atoms with Gasteiger partial charge in [-0.15, -0.1) is 0 Å². The summed E-state index contributed by atoms with van der Waals surface area (Å²) in [5.74, 6) is 0.536. The van der Waals surface area contributed by atoms with Gasteiger partial charge >= 0.3 is 6.18 Å². The van der Waals surface area contributed by atoms with Crippen molar-refractivity contribution in [1.82, 2.24) is 15.5 Å². The quantitative estimate of drug-likeness (QED) is 0.881. The van der Waals surface area contributed by atoms with Crippen molar-refractivity contribution in [2.24, 2.45) is 0 Å². The van der Waals surface area contributed by atoms with Crippen molar-refractivity contribution in [1.29, 1.82) is 0 Å². The van der Waals surface area contributed by atoms with Gasteiger partial charge in [0.25, 0.3) is 0 Å². The van der Waals surface area contributed by atoms with Crippen LogP contribution in [-0.2, 0) is 19.0 Å². The molecule has 0 spiro atoms. The lowest BCUT2D eigenvalue weighted by Gasteiger charge is -2.16. The maximum Gasteiger partial charge on any atom is 0.416 e. The monoisotopic (exact) mass is 327 g/mol. The molecule has 0 radical (unpaired) electrons. The molecule has 0 bridgehead atoms. The maximum absolute atomic E-state index is 13.1. The van der Waals surface area contributed by atoms with Crippen LogP contribution < -0.4 is 5.32 Å². The summed E-state index contributed by atoms with van der Waals surface area (Å²) >= 11 is 0. The predicted molar refractivity (Wildman–Crippen MR) is 80.1 cm³/mol. The fourth-order valence-electron chi connectivity index (χ4n) is 2.39. The Morgan fingerprint density at radius 3 is 2.52 bits per heavy atom. The lowest BCUT2D eigenvalue weighted by Crippen LogP contribution is -2.24. The number of hydrogen-bond donors (Lipinski definition) is 1. The lowest BCUT2D eigenvalue weighted by atomic mass is 9.93. The van der Waals surface area contributed by atoms with Crippen LogP contribution in [-0.4, -0.2) is 23.2 Å². The van der Waals surface area contributed by atoms with Crippen LogP contribution in [0, 0.1) is 0 Å². The summed E-state index contributed by atoms with van der Waals surface area (Å²) in [5, 5.41) is 6.94. The number of hydrogen-bond acceptors (Lipinski definition) is 4. The van der Waals surface area contributed by atoms with Crippen molar-refractivity contribution in [2.45, 2.75) is 44.8 Å². The molecule has 1 aromatic carbocycles.